The third-order valence-corrected chi connectivity index (χ3v) is 2.03. The zero-order chi connectivity index (χ0) is 9.80. The van der Waals surface area contributed by atoms with Crippen LogP contribution in [0.15, 0.2) is 37.1 Å². The molecule has 0 saturated carbocycles. The standard InChI is InChI=1S/C11H12N3/c1-2-7-14-8-11(13-9-14)10-3-5-12-6-4-10/h3-6,8-9H,1-2,7H2. The van der Waals surface area contributed by atoms with Gasteiger partial charge >= 0.3 is 0 Å². The third-order valence-electron chi connectivity index (χ3n) is 2.03. The lowest BCUT2D eigenvalue weighted by molar-refractivity contribution is 0.707. The SMILES string of the molecule is [CH2]CCn1cnc(-c2ccncc2)c1. The van der Waals surface area contributed by atoms with E-state index in [0.717, 1.165) is 24.2 Å². The molecule has 3 heteroatoms. The van der Waals surface area contributed by atoms with Gasteiger partial charge in [-0.25, -0.2) is 4.98 Å². The number of rotatable bonds is 3. The minimum absolute atomic E-state index is 0.881. The van der Waals surface area contributed by atoms with Gasteiger partial charge in [-0.15, -0.1) is 0 Å². The minimum Gasteiger partial charge on any atom is -0.337 e. The third kappa shape index (κ3) is 1.82. The molecule has 3 nitrogen and oxygen atoms in total. The first-order valence-electron chi connectivity index (χ1n) is 4.61. The number of nitrogens with zero attached hydrogens (tertiary/aromatic N) is 3. The molecule has 14 heavy (non-hydrogen) atoms. The maximum absolute atomic E-state index is 4.31. The fourth-order valence-electron chi connectivity index (χ4n) is 1.34. The quantitative estimate of drug-likeness (QED) is 0.735. The lowest BCUT2D eigenvalue weighted by atomic mass is 10.2. The van der Waals surface area contributed by atoms with Gasteiger partial charge in [-0.05, 0) is 18.6 Å². The zero-order valence-corrected chi connectivity index (χ0v) is 7.93. The molecule has 0 saturated heterocycles. The fraction of sp³-hybridized carbons (Fsp3) is 0.182. The first kappa shape index (κ1) is 8.94. The lowest BCUT2D eigenvalue weighted by Gasteiger charge is -1.96. The highest BCUT2D eigenvalue weighted by molar-refractivity contribution is 5.56. The van der Waals surface area contributed by atoms with Gasteiger partial charge in [0.05, 0.1) is 12.0 Å². The minimum atomic E-state index is 0.881. The van der Waals surface area contributed by atoms with Crippen LogP contribution in [0.1, 0.15) is 6.42 Å². The molecule has 0 amide bonds. The Hall–Kier alpha value is -1.64. The largest absolute Gasteiger partial charge is 0.337 e. The van der Waals surface area contributed by atoms with Crippen molar-refractivity contribution in [1.82, 2.24) is 14.5 Å². The molecular formula is C11H12N3. The highest BCUT2D eigenvalue weighted by Gasteiger charge is 2.00. The number of hydrogen-bond donors (Lipinski definition) is 0. The van der Waals surface area contributed by atoms with Gasteiger partial charge in [0, 0.05) is 30.7 Å². The van der Waals surface area contributed by atoms with E-state index in [0.29, 0.717) is 0 Å². The van der Waals surface area contributed by atoms with Crippen molar-refractivity contribution < 1.29 is 0 Å². The molecule has 0 aliphatic heterocycles. The Kier molecular flexibility index (Phi) is 2.58. The average Bonchev–Trinajstić information content (AvgIpc) is 2.68. The van der Waals surface area contributed by atoms with Crippen molar-refractivity contribution in [3.8, 4) is 11.3 Å². The molecule has 2 aromatic heterocycles. The Bertz CT molecular complexity index is 392. The molecule has 0 aliphatic rings. The van der Waals surface area contributed by atoms with Gasteiger partial charge in [0.2, 0.25) is 0 Å². The molecule has 0 aliphatic carbocycles. The first-order chi connectivity index (χ1) is 6.90. The molecule has 0 atom stereocenters. The molecule has 2 aromatic rings. The van der Waals surface area contributed by atoms with Gasteiger partial charge in [-0.3, -0.25) is 4.98 Å². The molecule has 2 rings (SSSR count). The summed E-state index contributed by atoms with van der Waals surface area (Å²) in [5.41, 5.74) is 2.09. The van der Waals surface area contributed by atoms with Crippen LogP contribution in [0, 0.1) is 6.92 Å². The van der Waals surface area contributed by atoms with E-state index in [4.69, 9.17) is 0 Å². The van der Waals surface area contributed by atoms with E-state index in [2.05, 4.69) is 16.9 Å². The molecule has 0 fully saturated rings. The molecule has 0 unspecified atom stereocenters. The Balaban J connectivity index is 2.25. The summed E-state index contributed by atoms with van der Waals surface area (Å²) < 4.78 is 2.04. The van der Waals surface area contributed by atoms with Crippen LogP contribution in [-0.2, 0) is 6.54 Å². The van der Waals surface area contributed by atoms with Crippen molar-refractivity contribution in [2.75, 3.05) is 0 Å². The van der Waals surface area contributed by atoms with Crippen LogP contribution >= 0.6 is 0 Å². The van der Waals surface area contributed by atoms with Gasteiger partial charge in [0.1, 0.15) is 0 Å². The molecule has 71 valence electrons. The van der Waals surface area contributed by atoms with Gasteiger partial charge in [0.25, 0.3) is 0 Å². The lowest BCUT2D eigenvalue weighted by Crippen LogP contribution is -1.90. The molecule has 0 N–H and O–H groups in total. The van der Waals surface area contributed by atoms with Crippen LogP contribution in [0.25, 0.3) is 11.3 Å². The van der Waals surface area contributed by atoms with Crippen LogP contribution < -0.4 is 0 Å². The van der Waals surface area contributed by atoms with Crippen molar-refractivity contribution in [2.45, 2.75) is 13.0 Å². The van der Waals surface area contributed by atoms with Crippen LogP contribution in [0.5, 0.6) is 0 Å². The number of aryl methyl sites for hydroxylation is 1. The highest BCUT2D eigenvalue weighted by Crippen LogP contribution is 2.14. The number of hydrogen-bond acceptors (Lipinski definition) is 2. The van der Waals surface area contributed by atoms with Crippen molar-refractivity contribution >= 4 is 0 Å². The van der Waals surface area contributed by atoms with E-state index in [-0.39, 0.29) is 0 Å². The van der Waals surface area contributed by atoms with Gasteiger partial charge < -0.3 is 4.57 Å². The summed E-state index contributed by atoms with van der Waals surface area (Å²) in [7, 11) is 0. The summed E-state index contributed by atoms with van der Waals surface area (Å²) in [6.45, 7) is 4.72. The smallest absolute Gasteiger partial charge is 0.0953 e. The second-order valence-electron chi connectivity index (χ2n) is 3.09. The normalized spacial score (nSPS) is 10.4. The van der Waals surface area contributed by atoms with Gasteiger partial charge in [-0.1, -0.05) is 6.92 Å². The van der Waals surface area contributed by atoms with Crippen molar-refractivity contribution in [3.05, 3.63) is 44.0 Å². The summed E-state index contributed by atoms with van der Waals surface area (Å²) in [6.07, 6.45) is 8.29. The van der Waals surface area contributed by atoms with Crippen LogP contribution in [0.2, 0.25) is 0 Å². The Morgan fingerprint density at radius 3 is 2.79 bits per heavy atom. The summed E-state index contributed by atoms with van der Waals surface area (Å²) in [5, 5.41) is 0. The predicted molar refractivity (Wildman–Crippen MR) is 55.4 cm³/mol. The monoisotopic (exact) mass is 186 g/mol. The van der Waals surface area contributed by atoms with Crippen LogP contribution in [0.4, 0.5) is 0 Å². The summed E-state index contributed by atoms with van der Waals surface area (Å²) >= 11 is 0. The van der Waals surface area contributed by atoms with Crippen molar-refractivity contribution in [1.29, 1.82) is 0 Å². The van der Waals surface area contributed by atoms with E-state index in [1.165, 1.54) is 0 Å². The van der Waals surface area contributed by atoms with Crippen molar-refractivity contribution in [3.63, 3.8) is 0 Å². The molecule has 2 heterocycles. The van der Waals surface area contributed by atoms with E-state index < -0.39 is 0 Å². The molecule has 0 aromatic carbocycles. The zero-order valence-electron chi connectivity index (χ0n) is 7.93. The van der Waals surface area contributed by atoms with E-state index in [1.807, 2.05) is 29.2 Å². The molecule has 0 bridgehead atoms. The van der Waals surface area contributed by atoms with Gasteiger partial charge in [0.15, 0.2) is 0 Å². The van der Waals surface area contributed by atoms with Crippen molar-refractivity contribution in [2.24, 2.45) is 0 Å². The predicted octanol–water partition coefficient (Wildman–Crippen LogP) is 2.17. The topological polar surface area (TPSA) is 30.7 Å². The molecular weight excluding hydrogens is 174 g/mol. The first-order valence-corrected chi connectivity index (χ1v) is 4.61. The number of imidazole rings is 1. The van der Waals surface area contributed by atoms with E-state index in [1.54, 1.807) is 12.4 Å². The maximum Gasteiger partial charge on any atom is 0.0953 e. The van der Waals surface area contributed by atoms with E-state index >= 15 is 0 Å². The second-order valence-corrected chi connectivity index (χ2v) is 3.09. The molecule has 1 radical (unpaired) electrons. The summed E-state index contributed by atoms with van der Waals surface area (Å²) in [4.78, 5) is 8.28. The highest BCUT2D eigenvalue weighted by atomic mass is 15.0. The fourth-order valence-corrected chi connectivity index (χ4v) is 1.34. The Morgan fingerprint density at radius 1 is 1.29 bits per heavy atom. The van der Waals surface area contributed by atoms with Crippen LogP contribution in [0.3, 0.4) is 0 Å². The summed E-state index contributed by atoms with van der Waals surface area (Å²) in [5.74, 6) is 0. The van der Waals surface area contributed by atoms with Gasteiger partial charge in [-0.2, -0.15) is 0 Å². The number of pyridine rings is 1. The molecule has 0 spiro atoms. The Morgan fingerprint density at radius 2 is 2.07 bits per heavy atom. The van der Waals surface area contributed by atoms with Crippen LogP contribution in [-0.4, -0.2) is 14.5 Å². The number of aromatic nitrogens is 3. The van der Waals surface area contributed by atoms with E-state index in [9.17, 15) is 0 Å². The maximum atomic E-state index is 4.31. The average molecular weight is 186 g/mol. The summed E-state index contributed by atoms with van der Waals surface area (Å²) in [6, 6.07) is 3.91. The Labute approximate surface area is 83.4 Å². The second kappa shape index (κ2) is 4.05.